The summed E-state index contributed by atoms with van der Waals surface area (Å²) >= 11 is 1.58. The fourth-order valence-corrected chi connectivity index (χ4v) is 5.63. The van der Waals surface area contributed by atoms with Crippen LogP contribution in [0.25, 0.3) is 11.3 Å². The van der Waals surface area contributed by atoms with E-state index in [1.807, 2.05) is 35.2 Å². The Morgan fingerprint density at radius 3 is 2.12 bits per heavy atom. The fourth-order valence-electron chi connectivity index (χ4n) is 4.78. The summed E-state index contributed by atoms with van der Waals surface area (Å²) in [4.78, 5) is 20.7. The van der Waals surface area contributed by atoms with Crippen molar-refractivity contribution in [2.45, 2.75) is 59.7 Å². The van der Waals surface area contributed by atoms with Crippen LogP contribution >= 0.6 is 11.3 Å². The topological polar surface area (TPSA) is 56.7 Å². The summed E-state index contributed by atoms with van der Waals surface area (Å²) in [5, 5.41) is 12.4. The molecule has 0 fully saturated rings. The highest BCUT2D eigenvalue weighted by atomic mass is 32.1. The van der Waals surface area contributed by atoms with Gasteiger partial charge in [0.05, 0.1) is 18.8 Å². The molecule has 6 heteroatoms. The number of benzene rings is 3. The predicted molar refractivity (Wildman–Crippen MR) is 167 cm³/mol. The van der Waals surface area contributed by atoms with Gasteiger partial charge in [-0.25, -0.2) is 4.98 Å². The van der Waals surface area contributed by atoms with Crippen LogP contribution in [0, 0.1) is 5.92 Å². The van der Waals surface area contributed by atoms with Crippen molar-refractivity contribution in [3.63, 3.8) is 0 Å². The minimum Gasteiger partial charge on any atom is -0.480 e. The zero-order chi connectivity index (χ0) is 28.7. The third-order valence-electron chi connectivity index (χ3n) is 6.83. The van der Waals surface area contributed by atoms with Gasteiger partial charge in [-0.1, -0.05) is 101 Å². The first-order valence-corrected chi connectivity index (χ1v) is 14.8. The van der Waals surface area contributed by atoms with Crippen molar-refractivity contribution in [3.05, 3.63) is 106 Å². The number of anilines is 1. The number of hydrogen-bond donors (Lipinski definition) is 1. The van der Waals surface area contributed by atoms with Crippen LogP contribution in [0.1, 0.15) is 56.3 Å². The van der Waals surface area contributed by atoms with Gasteiger partial charge in [0.15, 0.2) is 0 Å². The van der Waals surface area contributed by atoms with Crippen LogP contribution in [0.15, 0.2) is 84.2 Å². The van der Waals surface area contributed by atoms with E-state index in [0.717, 1.165) is 34.9 Å². The van der Waals surface area contributed by atoms with E-state index in [1.165, 1.54) is 16.8 Å². The van der Waals surface area contributed by atoms with E-state index >= 15 is 0 Å². The van der Waals surface area contributed by atoms with Gasteiger partial charge >= 0.3 is 5.97 Å². The van der Waals surface area contributed by atoms with Crippen LogP contribution in [0.3, 0.4) is 0 Å². The first kappa shape index (κ1) is 29.5. The highest BCUT2D eigenvalue weighted by Gasteiger charge is 2.16. The first-order chi connectivity index (χ1) is 19.1. The van der Waals surface area contributed by atoms with E-state index < -0.39 is 5.97 Å². The van der Waals surface area contributed by atoms with E-state index in [4.69, 9.17) is 4.98 Å². The summed E-state index contributed by atoms with van der Waals surface area (Å²) in [7, 11) is 0. The van der Waals surface area contributed by atoms with Crippen molar-refractivity contribution in [1.82, 2.24) is 9.88 Å². The summed E-state index contributed by atoms with van der Waals surface area (Å²) in [5.41, 5.74) is 7.09. The van der Waals surface area contributed by atoms with Gasteiger partial charge in [-0.2, -0.15) is 0 Å². The molecule has 0 aliphatic heterocycles. The number of aliphatic carboxylic acids is 1. The zero-order valence-corrected chi connectivity index (χ0v) is 25.1. The SMILES string of the molecule is CC(C)CN(Cc1ccc(-c2csc(CN(CC(=O)O)Cc3ccccc3)n2)cc1)c1ccc(C(C)(C)C)cc1. The Morgan fingerprint density at radius 2 is 1.52 bits per heavy atom. The van der Waals surface area contributed by atoms with E-state index in [9.17, 15) is 9.90 Å². The second-order valence-corrected chi connectivity index (χ2v) is 12.9. The maximum absolute atomic E-state index is 11.5. The first-order valence-electron chi connectivity index (χ1n) is 13.9. The molecular weight excluding hydrogens is 514 g/mol. The van der Waals surface area contributed by atoms with Crippen molar-refractivity contribution < 1.29 is 9.90 Å². The molecule has 3 aromatic carbocycles. The molecule has 210 valence electrons. The maximum Gasteiger partial charge on any atom is 0.317 e. The largest absolute Gasteiger partial charge is 0.480 e. The van der Waals surface area contributed by atoms with E-state index in [2.05, 4.69) is 93.4 Å². The number of rotatable bonds is 12. The molecule has 0 bridgehead atoms. The van der Waals surface area contributed by atoms with Gasteiger partial charge < -0.3 is 10.0 Å². The molecule has 4 rings (SSSR count). The molecule has 4 aromatic rings. The van der Waals surface area contributed by atoms with Gasteiger partial charge in [0.2, 0.25) is 0 Å². The number of carboxylic acids is 1. The molecular formula is C34H41N3O2S. The predicted octanol–water partition coefficient (Wildman–Crippen LogP) is 7.86. The van der Waals surface area contributed by atoms with E-state index in [0.29, 0.717) is 19.0 Å². The second kappa shape index (κ2) is 13.2. The third-order valence-corrected chi connectivity index (χ3v) is 7.66. The summed E-state index contributed by atoms with van der Waals surface area (Å²) in [6.45, 7) is 14.1. The fraction of sp³-hybridized carbons (Fsp3) is 0.353. The second-order valence-electron chi connectivity index (χ2n) is 11.9. The maximum atomic E-state index is 11.5. The lowest BCUT2D eigenvalue weighted by atomic mass is 9.87. The number of thiazole rings is 1. The molecule has 0 saturated carbocycles. The molecule has 0 saturated heterocycles. The molecule has 0 atom stereocenters. The average Bonchev–Trinajstić information content (AvgIpc) is 3.36. The van der Waals surface area contributed by atoms with E-state index in [-0.39, 0.29) is 12.0 Å². The lowest BCUT2D eigenvalue weighted by Gasteiger charge is -2.28. The van der Waals surface area contributed by atoms with Gasteiger partial charge in [0.1, 0.15) is 5.01 Å². The highest BCUT2D eigenvalue weighted by molar-refractivity contribution is 7.09. The Morgan fingerprint density at radius 1 is 0.875 bits per heavy atom. The Hall–Kier alpha value is -3.48. The molecule has 1 aromatic heterocycles. The normalized spacial score (nSPS) is 11.8. The average molecular weight is 556 g/mol. The summed E-state index contributed by atoms with van der Waals surface area (Å²) in [6.07, 6.45) is 0. The Bertz CT molecular complexity index is 1360. The molecule has 0 unspecified atom stereocenters. The molecule has 1 heterocycles. The number of aromatic nitrogens is 1. The quantitative estimate of drug-likeness (QED) is 0.193. The van der Waals surface area contributed by atoms with Gasteiger partial charge in [-0.3, -0.25) is 9.69 Å². The lowest BCUT2D eigenvalue weighted by Crippen LogP contribution is -2.28. The third kappa shape index (κ3) is 8.51. The van der Waals surface area contributed by atoms with Crippen LogP contribution in [-0.4, -0.2) is 34.0 Å². The molecule has 0 aliphatic rings. The molecule has 0 spiro atoms. The van der Waals surface area contributed by atoms with Crippen molar-refractivity contribution in [3.8, 4) is 11.3 Å². The van der Waals surface area contributed by atoms with Crippen molar-refractivity contribution >= 4 is 23.0 Å². The van der Waals surface area contributed by atoms with Crippen LogP contribution in [0.5, 0.6) is 0 Å². The van der Waals surface area contributed by atoms with Crippen molar-refractivity contribution in [2.75, 3.05) is 18.0 Å². The number of nitrogens with zero attached hydrogens (tertiary/aromatic N) is 3. The van der Waals surface area contributed by atoms with Gasteiger partial charge in [0, 0.05) is 36.3 Å². The van der Waals surface area contributed by atoms with Crippen LogP contribution < -0.4 is 4.90 Å². The highest BCUT2D eigenvalue weighted by Crippen LogP contribution is 2.28. The van der Waals surface area contributed by atoms with Crippen LogP contribution in [-0.2, 0) is 29.8 Å². The van der Waals surface area contributed by atoms with Gasteiger partial charge in [-0.15, -0.1) is 11.3 Å². The van der Waals surface area contributed by atoms with Gasteiger partial charge in [0.25, 0.3) is 0 Å². The molecule has 0 amide bonds. The van der Waals surface area contributed by atoms with Gasteiger partial charge in [-0.05, 0) is 40.2 Å². The minimum absolute atomic E-state index is 0.0235. The molecule has 5 nitrogen and oxygen atoms in total. The van der Waals surface area contributed by atoms with E-state index in [1.54, 1.807) is 11.3 Å². The van der Waals surface area contributed by atoms with Crippen LogP contribution in [0.4, 0.5) is 5.69 Å². The molecule has 1 N–H and O–H groups in total. The monoisotopic (exact) mass is 555 g/mol. The lowest BCUT2D eigenvalue weighted by molar-refractivity contribution is -0.138. The Balaban J connectivity index is 1.44. The summed E-state index contributed by atoms with van der Waals surface area (Å²) in [6, 6.07) is 27.6. The number of carboxylic acid groups (broad SMARTS) is 1. The van der Waals surface area contributed by atoms with Crippen molar-refractivity contribution in [1.29, 1.82) is 0 Å². The Kier molecular flexibility index (Phi) is 9.77. The zero-order valence-electron chi connectivity index (χ0n) is 24.3. The molecule has 0 radical (unpaired) electrons. The summed E-state index contributed by atoms with van der Waals surface area (Å²) in [5.74, 6) is -0.280. The Labute approximate surface area is 243 Å². The van der Waals surface area contributed by atoms with Crippen molar-refractivity contribution in [2.24, 2.45) is 5.92 Å². The number of carbonyl (C=O) groups is 1. The smallest absolute Gasteiger partial charge is 0.317 e. The minimum atomic E-state index is -0.833. The summed E-state index contributed by atoms with van der Waals surface area (Å²) < 4.78 is 0. The molecule has 0 aliphatic carbocycles. The standard InChI is InChI=1S/C34H41N3O2S/c1-25(2)19-37(30-17-15-29(16-18-30)34(3,4)5)21-27-11-13-28(14-12-27)31-24-40-32(35-31)22-36(23-33(38)39)20-26-9-7-6-8-10-26/h6-18,24-25H,19-23H2,1-5H3,(H,38,39). The van der Waals surface area contributed by atoms with Crippen LogP contribution in [0.2, 0.25) is 0 Å². The molecule has 40 heavy (non-hydrogen) atoms. The number of hydrogen-bond acceptors (Lipinski definition) is 5.